The molecule has 5 nitrogen and oxygen atoms in total. The van der Waals surface area contributed by atoms with Gasteiger partial charge in [-0.2, -0.15) is 0 Å². The van der Waals surface area contributed by atoms with E-state index in [1.807, 2.05) is 6.92 Å². The number of carbonyl (C=O) groups excluding carboxylic acids is 2. The summed E-state index contributed by atoms with van der Waals surface area (Å²) in [4.78, 5) is 24.5. The van der Waals surface area contributed by atoms with Gasteiger partial charge >= 0.3 is 6.16 Å². The Morgan fingerprint density at radius 2 is 2.06 bits per heavy atom. The largest absolute Gasteiger partial charge is 0.510 e. The Balaban J connectivity index is 2.62. The van der Waals surface area contributed by atoms with Crippen LogP contribution in [0.5, 0.6) is 0 Å². The molecule has 1 atom stereocenters. The molecule has 0 aromatic carbocycles. The van der Waals surface area contributed by atoms with Gasteiger partial charge in [0, 0.05) is 12.6 Å². The normalized spacial score (nSPS) is 20.3. The maximum atomic E-state index is 11.6. The topological polar surface area (TPSA) is 55.8 Å². The molecule has 1 heterocycles. The molecule has 1 amide bonds. The summed E-state index contributed by atoms with van der Waals surface area (Å²) in [5.74, 6) is -0.110. The molecule has 0 fully saturated rings. The average Bonchev–Trinajstić information content (AvgIpc) is 2.43. The van der Waals surface area contributed by atoms with Crippen molar-refractivity contribution in [3.05, 3.63) is 11.6 Å². The Labute approximate surface area is 101 Å². The summed E-state index contributed by atoms with van der Waals surface area (Å²) in [6, 6.07) is 0. The molecule has 1 rings (SSSR count). The fraction of sp³-hybridized carbons (Fsp3) is 0.667. The zero-order valence-electron chi connectivity index (χ0n) is 10.9. The number of likely N-dealkylation sites (N-methyl/N-ethyl adjacent to an activating group) is 1. The van der Waals surface area contributed by atoms with Crippen LogP contribution in [-0.2, 0) is 14.3 Å². The van der Waals surface area contributed by atoms with Gasteiger partial charge in [-0.05, 0) is 33.3 Å². The molecule has 96 valence electrons. The SMILES string of the molecule is CCC1=CC(OC(=O)OC(C)(C)C)N(C)C1=O. The zero-order chi connectivity index (χ0) is 13.2. The van der Waals surface area contributed by atoms with Crippen molar-refractivity contribution in [2.75, 3.05) is 7.05 Å². The minimum absolute atomic E-state index is 0.110. The predicted octanol–water partition coefficient (Wildman–Crippen LogP) is 2.07. The Morgan fingerprint density at radius 3 is 2.47 bits per heavy atom. The summed E-state index contributed by atoms with van der Waals surface area (Å²) in [5, 5.41) is 0. The molecule has 1 aliphatic rings. The average molecular weight is 241 g/mol. The van der Waals surface area contributed by atoms with Gasteiger partial charge in [-0.25, -0.2) is 4.79 Å². The number of hydrogen-bond acceptors (Lipinski definition) is 4. The minimum atomic E-state index is -0.768. The maximum Gasteiger partial charge on any atom is 0.510 e. The van der Waals surface area contributed by atoms with E-state index in [1.165, 1.54) is 4.90 Å². The van der Waals surface area contributed by atoms with E-state index in [-0.39, 0.29) is 5.91 Å². The third-order valence-electron chi connectivity index (χ3n) is 2.31. The van der Waals surface area contributed by atoms with Gasteiger partial charge in [0.2, 0.25) is 6.23 Å². The van der Waals surface area contributed by atoms with E-state index in [4.69, 9.17) is 9.47 Å². The van der Waals surface area contributed by atoms with Crippen LogP contribution in [0.25, 0.3) is 0 Å². The van der Waals surface area contributed by atoms with Gasteiger partial charge in [0.15, 0.2) is 0 Å². The third kappa shape index (κ3) is 3.47. The van der Waals surface area contributed by atoms with Gasteiger partial charge in [-0.3, -0.25) is 4.79 Å². The second-order valence-electron chi connectivity index (χ2n) is 4.93. The molecule has 0 radical (unpaired) electrons. The fourth-order valence-corrected chi connectivity index (χ4v) is 1.45. The standard InChI is InChI=1S/C12H19NO4/c1-6-8-7-9(13(5)10(8)14)16-11(15)17-12(2,3)4/h7,9H,6H2,1-5H3. The highest BCUT2D eigenvalue weighted by atomic mass is 16.7. The molecule has 0 saturated heterocycles. The smallest absolute Gasteiger partial charge is 0.429 e. The van der Waals surface area contributed by atoms with Gasteiger partial charge in [0.1, 0.15) is 5.60 Å². The number of rotatable bonds is 2. The molecule has 5 heteroatoms. The summed E-state index contributed by atoms with van der Waals surface area (Å²) in [6.07, 6.45) is 0.840. The first-order valence-corrected chi connectivity index (χ1v) is 5.62. The third-order valence-corrected chi connectivity index (χ3v) is 2.31. The molecule has 0 spiro atoms. The van der Waals surface area contributed by atoms with Crippen LogP contribution in [0, 0.1) is 0 Å². The highest BCUT2D eigenvalue weighted by Crippen LogP contribution is 2.20. The van der Waals surface area contributed by atoms with Gasteiger partial charge in [0.25, 0.3) is 5.91 Å². The van der Waals surface area contributed by atoms with E-state index >= 15 is 0 Å². The van der Waals surface area contributed by atoms with E-state index < -0.39 is 18.0 Å². The van der Waals surface area contributed by atoms with Crippen LogP contribution in [0.4, 0.5) is 4.79 Å². The van der Waals surface area contributed by atoms with E-state index in [0.717, 1.165) is 0 Å². The molecule has 0 aromatic heterocycles. The Hall–Kier alpha value is -1.52. The monoisotopic (exact) mass is 241 g/mol. The van der Waals surface area contributed by atoms with Gasteiger partial charge in [0.05, 0.1) is 0 Å². The first-order valence-electron chi connectivity index (χ1n) is 5.62. The van der Waals surface area contributed by atoms with Crippen LogP contribution in [-0.4, -0.2) is 35.8 Å². The lowest BCUT2D eigenvalue weighted by Gasteiger charge is -2.23. The lowest BCUT2D eigenvalue weighted by Crippen LogP contribution is -2.36. The molecule has 0 aromatic rings. The quantitative estimate of drug-likeness (QED) is 0.694. The molecule has 17 heavy (non-hydrogen) atoms. The van der Waals surface area contributed by atoms with E-state index in [9.17, 15) is 9.59 Å². The molecular weight excluding hydrogens is 222 g/mol. The van der Waals surface area contributed by atoms with Crippen LogP contribution in [0.2, 0.25) is 0 Å². The highest BCUT2D eigenvalue weighted by molar-refractivity contribution is 5.96. The highest BCUT2D eigenvalue weighted by Gasteiger charge is 2.32. The molecule has 0 aliphatic carbocycles. The molecule has 0 saturated carbocycles. The van der Waals surface area contributed by atoms with Gasteiger partial charge in [-0.1, -0.05) is 6.92 Å². The summed E-state index contributed by atoms with van der Waals surface area (Å²) in [5.41, 5.74) is 0.0521. The number of hydrogen-bond donors (Lipinski definition) is 0. The summed E-state index contributed by atoms with van der Waals surface area (Å²) >= 11 is 0. The second-order valence-corrected chi connectivity index (χ2v) is 4.93. The van der Waals surface area contributed by atoms with Gasteiger partial charge in [-0.15, -0.1) is 0 Å². The first-order chi connectivity index (χ1) is 7.74. The lowest BCUT2D eigenvalue weighted by atomic mass is 10.2. The van der Waals surface area contributed by atoms with Crippen LogP contribution < -0.4 is 0 Å². The Bertz CT molecular complexity index is 354. The number of amides is 1. The number of carbonyl (C=O) groups is 2. The van der Waals surface area contributed by atoms with E-state index in [1.54, 1.807) is 33.9 Å². The zero-order valence-corrected chi connectivity index (χ0v) is 10.9. The van der Waals surface area contributed by atoms with E-state index in [2.05, 4.69) is 0 Å². The maximum absolute atomic E-state index is 11.6. The van der Waals surface area contributed by atoms with Crippen molar-refractivity contribution in [3.8, 4) is 0 Å². The Morgan fingerprint density at radius 1 is 1.47 bits per heavy atom. The van der Waals surface area contributed by atoms with Crippen molar-refractivity contribution in [3.63, 3.8) is 0 Å². The summed E-state index contributed by atoms with van der Waals surface area (Å²) in [6.45, 7) is 7.15. The van der Waals surface area contributed by atoms with Crippen LogP contribution >= 0.6 is 0 Å². The van der Waals surface area contributed by atoms with E-state index in [0.29, 0.717) is 12.0 Å². The van der Waals surface area contributed by atoms with Crippen molar-refractivity contribution >= 4 is 12.1 Å². The molecule has 0 N–H and O–H groups in total. The molecular formula is C12H19NO4. The van der Waals surface area contributed by atoms with Crippen LogP contribution in [0.15, 0.2) is 11.6 Å². The van der Waals surface area contributed by atoms with Crippen molar-refractivity contribution < 1.29 is 19.1 Å². The van der Waals surface area contributed by atoms with Crippen LogP contribution in [0.3, 0.4) is 0 Å². The van der Waals surface area contributed by atoms with Crippen molar-refractivity contribution in [2.24, 2.45) is 0 Å². The first kappa shape index (κ1) is 13.5. The lowest BCUT2D eigenvalue weighted by molar-refractivity contribution is -0.131. The molecule has 0 bridgehead atoms. The summed E-state index contributed by atoms with van der Waals surface area (Å²) < 4.78 is 10.1. The summed E-state index contributed by atoms with van der Waals surface area (Å²) in [7, 11) is 1.59. The molecule has 1 aliphatic heterocycles. The Kier molecular flexibility index (Phi) is 3.80. The fourth-order valence-electron chi connectivity index (χ4n) is 1.45. The number of ether oxygens (including phenoxy) is 2. The molecule has 1 unspecified atom stereocenters. The number of nitrogens with zero attached hydrogens (tertiary/aromatic N) is 1. The van der Waals surface area contributed by atoms with Gasteiger partial charge < -0.3 is 14.4 Å². The predicted molar refractivity (Wildman–Crippen MR) is 62.3 cm³/mol. The van der Waals surface area contributed by atoms with Crippen molar-refractivity contribution in [2.45, 2.75) is 45.9 Å². The van der Waals surface area contributed by atoms with Crippen molar-refractivity contribution in [1.29, 1.82) is 0 Å². The van der Waals surface area contributed by atoms with Crippen LogP contribution in [0.1, 0.15) is 34.1 Å². The van der Waals surface area contributed by atoms with Crippen molar-refractivity contribution in [1.82, 2.24) is 4.90 Å². The second kappa shape index (κ2) is 4.77. The minimum Gasteiger partial charge on any atom is -0.429 e.